The van der Waals surface area contributed by atoms with Gasteiger partial charge in [0.25, 0.3) is 5.90 Å². The minimum absolute atomic E-state index is 0.0168. The van der Waals surface area contributed by atoms with Crippen molar-refractivity contribution in [3.63, 3.8) is 0 Å². The zero-order valence-corrected chi connectivity index (χ0v) is 10.9. The van der Waals surface area contributed by atoms with Crippen molar-refractivity contribution in [2.24, 2.45) is 5.10 Å². The molecule has 21 heavy (non-hydrogen) atoms. The quantitative estimate of drug-likeness (QED) is 0.854. The Hall–Kier alpha value is -2.51. The topological polar surface area (TPSA) is 50.9 Å². The van der Waals surface area contributed by atoms with Crippen molar-refractivity contribution in [1.82, 2.24) is 4.98 Å². The third-order valence-corrected chi connectivity index (χ3v) is 2.95. The van der Waals surface area contributed by atoms with Gasteiger partial charge in [-0.25, -0.2) is 9.99 Å². The molecule has 0 radical (unpaired) electrons. The molecule has 1 aliphatic heterocycles. The fraction of sp³-hybridized carbons (Fsp3) is 0.231. The van der Waals surface area contributed by atoms with Gasteiger partial charge in [-0.2, -0.15) is 13.2 Å². The summed E-state index contributed by atoms with van der Waals surface area (Å²) in [6.45, 7) is 1.71. The van der Waals surface area contributed by atoms with E-state index in [-0.39, 0.29) is 12.6 Å². The zero-order valence-electron chi connectivity index (χ0n) is 10.9. The van der Waals surface area contributed by atoms with Gasteiger partial charge in [-0.1, -0.05) is 6.07 Å². The first kappa shape index (κ1) is 13.5. The van der Waals surface area contributed by atoms with E-state index in [0.717, 1.165) is 12.1 Å². The first-order chi connectivity index (χ1) is 9.95. The molecule has 3 rings (SSSR count). The van der Waals surface area contributed by atoms with E-state index >= 15 is 0 Å². The van der Waals surface area contributed by atoms with E-state index in [4.69, 9.17) is 9.15 Å². The minimum atomic E-state index is -4.40. The Kier molecular flexibility index (Phi) is 3.08. The predicted octanol–water partition coefficient (Wildman–Crippen LogP) is 3.16. The zero-order chi connectivity index (χ0) is 15.0. The van der Waals surface area contributed by atoms with E-state index in [9.17, 15) is 13.2 Å². The molecule has 2 aromatic rings. The van der Waals surface area contributed by atoms with E-state index in [1.54, 1.807) is 6.92 Å². The van der Waals surface area contributed by atoms with E-state index in [1.165, 1.54) is 23.5 Å². The second-order valence-electron chi connectivity index (χ2n) is 4.38. The lowest BCUT2D eigenvalue weighted by Gasteiger charge is -2.13. The molecule has 2 heterocycles. The van der Waals surface area contributed by atoms with Crippen molar-refractivity contribution < 1.29 is 22.3 Å². The number of hydrazone groups is 1. The highest BCUT2D eigenvalue weighted by molar-refractivity contribution is 5.94. The number of nitrogens with zero attached hydrogens (tertiary/aromatic N) is 3. The third-order valence-electron chi connectivity index (χ3n) is 2.95. The Labute approximate surface area is 117 Å². The molecule has 8 heteroatoms. The first-order valence-electron chi connectivity index (χ1n) is 6.02. The monoisotopic (exact) mass is 297 g/mol. The van der Waals surface area contributed by atoms with Crippen LogP contribution in [0.4, 0.5) is 18.9 Å². The van der Waals surface area contributed by atoms with Crippen LogP contribution in [-0.2, 0) is 10.9 Å². The van der Waals surface area contributed by atoms with E-state index in [2.05, 4.69) is 10.1 Å². The lowest BCUT2D eigenvalue weighted by molar-refractivity contribution is -0.137. The summed E-state index contributed by atoms with van der Waals surface area (Å²) < 4.78 is 48.5. The van der Waals surface area contributed by atoms with E-state index < -0.39 is 11.7 Å². The molecule has 0 N–H and O–H groups in total. The highest BCUT2D eigenvalue weighted by atomic mass is 19.4. The first-order valence-corrected chi connectivity index (χ1v) is 6.02. The van der Waals surface area contributed by atoms with Crippen LogP contribution in [0.2, 0.25) is 0 Å². The largest absolute Gasteiger partial charge is 0.452 e. The summed E-state index contributed by atoms with van der Waals surface area (Å²) in [6, 6.07) is 4.88. The molecular formula is C13H10F3N3O2. The summed E-state index contributed by atoms with van der Waals surface area (Å²) in [5, 5.41) is 5.45. The smallest absolute Gasteiger partial charge is 0.416 e. The Balaban J connectivity index is 1.89. The number of aryl methyl sites for hydroxylation is 1. The van der Waals surface area contributed by atoms with Gasteiger partial charge in [0.1, 0.15) is 5.76 Å². The molecule has 1 aromatic heterocycles. The van der Waals surface area contributed by atoms with Crippen LogP contribution in [0.15, 0.2) is 40.2 Å². The van der Waals surface area contributed by atoms with Gasteiger partial charge in [-0.3, -0.25) is 0 Å². The van der Waals surface area contributed by atoms with Crippen LogP contribution >= 0.6 is 0 Å². The average molecular weight is 297 g/mol. The number of aromatic nitrogens is 1. The maximum atomic E-state index is 12.7. The molecule has 5 nitrogen and oxygen atoms in total. The maximum absolute atomic E-state index is 12.7. The maximum Gasteiger partial charge on any atom is 0.416 e. The van der Waals surface area contributed by atoms with Crippen LogP contribution in [0.1, 0.15) is 17.0 Å². The highest BCUT2D eigenvalue weighted by Gasteiger charge is 2.31. The molecule has 1 aromatic carbocycles. The number of hydrogen-bond donors (Lipinski definition) is 0. The summed E-state index contributed by atoms with van der Waals surface area (Å²) in [5.74, 6) is 0.748. The minimum Gasteiger partial charge on any atom is -0.452 e. The lowest BCUT2D eigenvalue weighted by atomic mass is 10.2. The SMILES string of the molecule is Cc1ocnc1C1=NN(c2cccc(C(F)(F)F)c2)CO1. The van der Waals surface area contributed by atoms with Gasteiger partial charge in [-0.15, -0.1) is 5.10 Å². The molecule has 0 unspecified atom stereocenters. The summed E-state index contributed by atoms with van der Waals surface area (Å²) >= 11 is 0. The number of hydrogen-bond acceptors (Lipinski definition) is 5. The lowest BCUT2D eigenvalue weighted by Crippen LogP contribution is -2.14. The standard InChI is InChI=1S/C13H10F3N3O2/c1-8-11(17-6-20-8)12-18-19(7-21-12)10-4-2-3-9(5-10)13(14,15)16/h2-6H,7H2,1H3. The second kappa shape index (κ2) is 4.80. The van der Waals surface area contributed by atoms with Gasteiger partial charge < -0.3 is 9.15 Å². The Morgan fingerprint density at radius 2 is 2.10 bits per heavy atom. The van der Waals surface area contributed by atoms with E-state index in [1.807, 2.05) is 0 Å². The Morgan fingerprint density at radius 3 is 2.76 bits per heavy atom. The van der Waals surface area contributed by atoms with Gasteiger partial charge >= 0.3 is 6.18 Å². The normalized spacial score (nSPS) is 15.0. The Morgan fingerprint density at radius 1 is 1.29 bits per heavy atom. The average Bonchev–Trinajstić information content (AvgIpc) is 3.06. The molecular weight excluding hydrogens is 287 g/mol. The van der Waals surface area contributed by atoms with Gasteiger partial charge in [0.2, 0.25) is 0 Å². The molecule has 0 amide bonds. The van der Waals surface area contributed by atoms with Crippen molar-refractivity contribution in [1.29, 1.82) is 0 Å². The summed E-state index contributed by atoms with van der Waals surface area (Å²) in [5.41, 5.74) is -0.00767. The van der Waals surface area contributed by atoms with Crippen molar-refractivity contribution in [2.75, 3.05) is 11.7 Å². The molecule has 0 aliphatic carbocycles. The number of anilines is 1. The van der Waals surface area contributed by atoms with Crippen LogP contribution in [0, 0.1) is 6.92 Å². The molecule has 110 valence electrons. The third kappa shape index (κ3) is 2.56. The number of halogens is 3. The van der Waals surface area contributed by atoms with E-state index in [0.29, 0.717) is 17.1 Å². The number of rotatable bonds is 2. The molecule has 0 spiro atoms. The molecule has 0 bridgehead atoms. The Bertz CT molecular complexity index is 694. The predicted molar refractivity (Wildman–Crippen MR) is 67.7 cm³/mol. The van der Waals surface area contributed by atoms with Gasteiger partial charge in [0.15, 0.2) is 18.8 Å². The van der Waals surface area contributed by atoms with Crippen molar-refractivity contribution >= 4 is 11.6 Å². The second-order valence-corrected chi connectivity index (χ2v) is 4.38. The number of alkyl halides is 3. The number of ether oxygens (including phenoxy) is 1. The molecule has 0 saturated carbocycles. The van der Waals surface area contributed by atoms with Gasteiger partial charge in [-0.05, 0) is 25.1 Å². The molecule has 0 fully saturated rings. The van der Waals surface area contributed by atoms with Gasteiger partial charge in [0, 0.05) is 0 Å². The van der Waals surface area contributed by atoms with Crippen molar-refractivity contribution in [3.8, 4) is 0 Å². The summed E-state index contributed by atoms with van der Waals surface area (Å²) in [4.78, 5) is 3.95. The highest BCUT2D eigenvalue weighted by Crippen LogP contribution is 2.32. The van der Waals surface area contributed by atoms with Crippen LogP contribution in [0.5, 0.6) is 0 Å². The fourth-order valence-electron chi connectivity index (χ4n) is 1.89. The van der Waals surface area contributed by atoms with Crippen molar-refractivity contribution in [2.45, 2.75) is 13.1 Å². The number of benzene rings is 1. The summed E-state index contributed by atoms with van der Waals surface area (Å²) in [7, 11) is 0. The molecule has 1 aliphatic rings. The van der Waals surface area contributed by atoms with Gasteiger partial charge in [0.05, 0.1) is 11.3 Å². The number of oxazole rings is 1. The fourth-order valence-corrected chi connectivity index (χ4v) is 1.89. The van der Waals surface area contributed by atoms with Crippen LogP contribution in [-0.4, -0.2) is 17.6 Å². The molecule has 0 atom stereocenters. The van der Waals surface area contributed by atoms with Crippen LogP contribution in [0.25, 0.3) is 0 Å². The van der Waals surface area contributed by atoms with Crippen molar-refractivity contribution in [3.05, 3.63) is 47.7 Å². The van der Waals surface area contributed by atoms with Crippen LogP contribution in [0.3, 0.4) is 0 Å². The van der Waals surface area contributed by atoms with Crippen LogP contribution < -0.4 is 5.01 Å². The summed E-state index contributed by atoms with van der Waals surface area (Å²) in [6.07, 6.45) is -3.14. The molecule has 0 saturated heterocycles.